The maximum Gasteiger partial charge on any atom is 0.0928 e. The Morgan fingerprint density at radius 3 is 3.18 bits per heavy atom. The smallest absolute Gasteiger partial charge is 0.0928 e. The monoisotopic (exact) mass is 188 g/mol. The van der Waals surface area contributed by atoms with Crippen LogP contribution in [-0.4, -0.2) is 22.7 Å². The highest BCUT2D eigenvalue weighted by atomic mass is 32.2. The number of ether oxygens (including phenoxy) is 1. The van der Waals surface area contributed by atoms with E-state index in [1.165, 1.54) is 0 Å². The molecule has 4 heteroatoms. The predicted octanol–water partition coefficient (Wildman–Crippen LogP) is 1.25. The van der Waals surface area contributed by atoms with Gasteiger partial charge in [-0.15, -0.1) is 11.3 Å². The van der Waals surface area contributed by atoms with Gasteiger partial charge in [-0.1, -0.05) is 6.07 Å². The lowest BCUT2D eigenvalue weighted by molar-refractivity contribution is 0.425. The van der Waals surface area contributed by atoms with E-state index in [0.29, 0.717) is 5.75 Å². The minimum atomic E-state index is -0.826. The molecule has 1 aliphatic heterocycles. The molecular formula is C7H8O2S2. The van der Waals surface area contributed by atoms with E-state index in [4.69, 9.17) is 4.74 Å². The second-order valence-electron chi connectivity index (χ2n) is 2.40. The van der Waals surface area contributed by atoms with Gasteiger partial charge in [0.05, 0.1) is 33.5 Å². The van der Waals surface area contributed by atoms with E-state index in [0.717, 1.165) is 10.8 Å². The molecular weight excluding hydrogens is 180 g/mol. The van der Waals surface area contributed by atoms with Crippen molar-refractivity contribution in [1.82, 2.24) is 0 Å². The Bertz CT molecular complexity index is 251. The Hall–Kier alpha value is -0.190. The Morgan fingerprint density at radius 1 is 1.82 bits per heavy atom. The molecule has 2 nitrogen and oxygen atoms in total. The highest BCUT2D eigenvalue weighted by Gasteiger charge is 2.25. The summed E-state index contributed by atoms with van der Waals surface area (Å²) in [6.07, 6.45) is 0.262. The van der Waals surface area contributed by atoms with Crippen LogP contribution in [0.3, 0.4) is 0 Å². The van der Waals surface area contributed by atoms with E-state index in [1.54, 1.807) is 11.3 Å². The van der Waals surface area contributed by atoms with Crippen molar-refractivity contribution in [2.24, 2.45) is 0 Å². The van der Waals surface area contributed by atoms with Crippen molar-refractivity contribution in [2.45, 2.75) is 10.3 Å². The Kier molecular flexibility index (Phi) is 2.07. The van der Waals surface area contributed by atoms with Crippen LogP contribution in [-0.2, 0) is 15.5 Å². The Labute approximate surface area is 71.6 Å². The number of rotatable bonds is 3. The van der Waals surface area contributed by atoms with Crippen LogP contribution in [0.25, 0.3) is 0 Å². The van der Waals surface area contributed by atoms with Gasteiger partial charge < -0.3 is 4.74 Å². The van der Waals surface area contributed by atoms with Gasteiger partial charge in [-0.25, -0.2) is 0 Å². The number of hydrogen-bond donors (Lipinski definition) is 0. The maximum absolute atomic E-state index is 11.4. The van der Waals surface area contributed by atoms with Crippen molar-refractivity contribution in [3.63, 3.8) is 0 Å². The fourth-order valence-electron chi connectivity index (χ4n) is 0.808. The third-order valence-electron chi connectivity index (χ3n) is 1.46. The predicted molar refractivity (Wildman–Crippen MR) is 45.3 cm³/mol. The van der Waals surface area contributed by atoms with Crippen LogP contribution >= 0.6 is 11.3 Å². The molecule has 2 rings (SSSR count). The minimum absolute atomic E-state index is 0.262. The van der Waals surface area contributed by atoms with Crippen molar-refractivity contribution in [1.29, 1.82) is 0 Å². The zero-order valence-electron chi connectivity index (χ0n) is 5.86. The minimum Gasteiger partial charge on any atom is -0.372 e. The van der Waals surface area contributed by atoms with E-state index in [2.05, 4.69) is 0 Å². The van der Waals surface area contributed by atoms with Crippen molar-refractivity contribution >= 4 is 22.1 Å². The van der Waals surface area contributed by atoms with Gasteiger partial charge >= 0.3 is 0 Å². The SMILES string of the molecule is O=S(CC1CO1)c1cccs1. The average molecular weight is 188 g/mol. The van der Waals surface area contributed by atoms with Gasteiger partial charge in [-0.2, -0.15) is 0 Å². The summed E-state index contributed by atoms with van der Waals surface area (Å²) in [6, 6.07) is 3.83. The standard InChI is InChI=1S/C7H8O2S2/c8-11(5-6-4-9-6)7-2-1-3-10-7/h1-3,6H,4-5H2. The van der Waals surface area contributed by atoms with Gasteiger partial charge in [0.2, 0.25) is 0 Å². The maximum atomic E-state index is 11.4. The van der Waals surface area contributed by atoms with Crippen molar-refractivity contribution in [3.05, 3.63) is 17.5 Å². The third-order valence-corrected chi connectivity index (χ3v) is 4.23. The molecule has 60 valence electrons. The van der Waals surface area contributed by atoms with Gasteiger partial charge in [0.25, 0.3) is 0 Å². The second kappa shape index (κ2) is 3.05. The fraction of sp³-hybridized carbons (Fsp3) is 0.429. The van der Waals surface area contributed by atoms with E-state index < -0.39 is 10.8 Å². The van der Waals surface area contributed by atoms with Gasteiger partial charge in [-0.3, -0.25) is 4.21 Å². The first-order chi connectivity index (χ1) is 5.36. The Morgan fingerprint density at radius 2 is 2.64 bits per heavy atom. The first kappa shape index (κ1) is 7.46. The molecule has 1 aromatic heterocycles. The van der Waals surface area contributed by atoms with Crippen molar-refractivity contribution in [3.8, 4) is 0 Å². The molecule has 11 heavy (non-hydrogen) atoms. The largest absolute Gasteiger partial charge is 0.372 e. The van der Waals surface area contributed by atoms with E-state index in [-0.39, 0.29) is 6.10 Å². The molecule has 1 aliphatic rings. The molecule has 2 heterocycles. The molecule has 1 saturated heterocycles. The molecule has 0 aliphatic carbocycles. The Balaban J connectivity index is 1.99. The molecule has 1 aromatic rings. The van der Waals surface area contributed by atoms with Gasteiger partial charge in [-0.05, 0) is 11.4 Å². The molecule has 0 bridgehead atoms. The van der Waals surface area contributed by atoms with E-state index in [1.807, 2.05) is 17.5 Å². The molecule has 0 radical (unpaired) electrons. The summed E-state index contributed by atoms with van der Waals surface area (Å²) in [5, 5.41) is 1.95. The molecule has 0 spiro atoms. The summed E-state index contributed by atoms with van der Waals surface area (Å²) in [5.41, 5.74) is 0. The number of epoxide rings is 1. The molecule has 0 amide bonds. The lowest BCUT2D eigenvalue weighted by atomic mass is 10.6. The van der Waals surface area contributed by atoms with E-state index in [9.17, 15) is 4.21 Å². The first-order valence-corrected chi connectivity index (χ1v) is 5.59. The zero-order chi connectivity index (χ0) is 7.68. The van der Waals surface area contributed by atoms with Gasteiger partial charge in [0.1, 0.15) is 0 Å². The second-order valence-corrected chi connectivity index (χ2v) is 5.07. The number of thiophene rings is 1. The highest BCUT2D eigenvalue weighted by molar-refractivity contribution is 7.87. The lowest BCUT2D eigenvalue weighted by Crippen LogP contribution is -2.02. The lowest BCUT2D eigenvalue weighted by Gasteiger charge is -1.92. The van der Waals surface area contributed by atoms with Crippen LogP contribution < -0.4 is 0 Å². The summed E-state index contributed by atoms with van der Waals surface area (Å²) >= 11 is 1.55. The normalized spacial score (nSPS) is 24.9. The third kappa shape index (κ3) is 1.89. The summed E-state index contributed by atoms with van der Waals surface area (Å²) in [5.74, 6) is 0.667. The van der Waals surface area contributed by atoms with Crippen LogP contribution in [0, 0.1) is 0 Å². The summed E-state index contributed by atoms with van der Waals surface area (Å²) in [6.45, 7) is 0.789. The summed E-state index contributed by atoms with van der Waals surface area (Å²) < 4.78 is 17.3. The molecule has 0 aromatic carbocycles. The van der Waals surface area contributed by atoms with Crippen LogP contribution in [0.4, 0.5) is 0 Å². The van der Waals surface area contributed by atoms with Gasteiger partial charge in [0, 0.05) is 0 Å². The average Bonchev–Trinajstić information content (AvgIpc) is 2.67. The summed E-state index contributed by atoms with van der Waals surface area (Å²) in [7, 11) is -0.826. The topological polar surface area (TPSA) is 29.6 Å². The number of hydrogen-bond acceptors (Lipinski definition) is 3. The van der Waals surface area contributed by atoms with Crippen LogP contribution in [0.5, 0.6) is 0 Å². The van der Waals surface area contributed by atoms with Crippen molar-refractivity contribution < 1.29 is 8.95 Å². The molecule has 0 N–H and O–H groups in total. The molecule has 2 atom stereocenters. The fourth-order valence-corrected chi connectivity index (χ4v) is 2.98. The zero-order valence-corrected chi connectivity index (χ0v) is 7.49. The van der Waals surface area contributed by atoms with E-state index >= 15 is 0 Å². The van der Waals surface area contributed by atoms with Gasteiger partial charge in [0.15, 0.2) is 0 Å². The van der Waals surface area contributed by atoms with Crippen molar-refractivity contribution in [2.75, 3.05) is 12.4 Å². The van der Waals surface area contributed by atoms with Crippen LogP contribution in [0.1, 0.15) is 0 Å². The van der Waals surface area contributed by atoms with Crippen LogP contribution in [0.2, 0.25) is 0 Å². The highest BCUT2D eigenvalue weighted by Crippen LogP contribution is 2.18. The molecule has 1 fully saturated rings. The summed E-state index contributed by atoms with van der Waals surface area (Å²) in [4.78, 5) is 0. The molecule has 2 unspecified atom stereocenters. The quantitative estimate of drug-likeness (QED) is 0.668. The molecule has 0 saturated carbocycles. The first-order valence-electron chi connectivity index (χ1n) is 3.40. The van der Waals surface area contributed by atoms with Crippen LogP contribution in [0.15, 0.2) is 21.7 Å².